The Morgan fingerprint density at radius 1 is 1.18 bits per heavy atom. The Balaban J connectivity index is 0.00000242. The van der Waals surface area contributed by atoms with Crippen LogP contribution in [0.3, 0.4) is 0 Å². The molecule has 0 aromatic heterocycles. The van der Waals surface area contributed by atoms with E-state index in [9.17, 15) is 0 Å². The lowest BCUT2D eigenvalue weighted by molar-refractivity contribution is 0.0698. The van der Waals surface area contributed by atoms with Gasteiger partial charge in [0, 0.05) is 40.4 Å². The minimum absolute atomic E-state index is 0. The predicted molar refractivity (Wildman–Crippen MR) is 101 cm³/mol. The fraction of sp³-hybridized carbons (Fsp3) is 0.938. The van der Waals surface area contributed by atoms with Gasteiger partial charge >= 0.3 is 0 Å². The van der Waals surface area contributed by atoms with Crippen LogP contribution in [0, 0.1) is 5.41 Å². The second-order valence-corrected chi connectivity index (χ2v) is 6.31. The maximum atomic E-state index is 5.47. The van der Waals surface area contributed by atoms with Crippen molar-refractivity contribution < 1.29 is 9.47 Å². The molecular formula is C16H32IN3O2. The van der Waals surface area contributed by atoms with Gasteiger partial charge in [0.1, 0.15) is 0 Å². The molecule has 2 rings (SSSR count). The third kappa shape index (κ3) is 5.85. The first-order chi connectivity index (χ1) is 10.3. The fourth-order valence-corrected chi connectivity index (χ4v) is 3.60. The molecule has 0 amide bonds. The van der Waals surface area contributed by atoms with Crippen LogP contribution in [0.15, 0.2) is 4.99 Å². The molecule has 1 saturated heterocycles. The van der Waals surface area contributed by atoms with Crippen LogP contribution in [0.2, 0.25) is 0 Å². The van der Waals surface area contributed by atoms with Crippen LogP contribution in [0.25, 0.3) is 0 Å². The summed E-state index contributed by atoms with van der Waals surface area (Å²) in [6, 6.07) is 0. The SMILES string of the molecule is CN=C(NCCCOCCOC)N1CCC2(CCCC2)C1.I. The maximum absolute atomic E-state index is 5.47. The van der Waals surface area contributed by atoms with E-state index in [1.165, 1.54) is 38.6 Å². The van der Waals surface area contributed by atoms with Gasteiger partial charge in [-0.1, -0.05) is 12.8 Å². The summed E-state index contributed by atoms with van der Waals surface area (Å²) in [6.07, 6.45) is 7.99. The molecule has 1 aliphatic heterocycles. The summed E-state index contributed by atoms with van der Waals surface area (Å²) in [5.74, 6) is 1.07. The van der Waals surface area contributed by atoms with Crippen LogP contribution in [0.4, 0.5) is 0 Å². The van der Waals surface area contributed by atoms with Gasteiger partial charge in [-0.25, -0.2) is 0 Å². The van der Waals surface area contributed by atoms with Gasteiger partial charge in [-0.05, 0) is 31.1 Å². The number of nitrogens with zero attached hydrogens (tertiary/aromatic N) is 2. The molecule has 0 unspecified atom stereocenters. The number of nitrogens with one attached hydrogen (secondary N) is 1. The summed E-state index contributed by atoms with van der Waals surface area (Å²) >= 11 is 0. The summed E-state index contributed by atoms with van der Waals surface area (Å²) < 4.78 is 10.4. The van der Waals surface area contributed by atoms with Crippen LogP contribution < -0.4 is 5.32 Å². The smallest absolute Gasteiger partial charge is 0.193 e. The lowest BCUT2D eigenvalue weighted by Crippen LogP contribution is -2.41. The maximum Gasteiger partial charge on any atom is 0.193 e. The van der Waals surface area contributed by atoms with E-state index in [-0.39, 0.29) is 24.0 Å². The van der Waals surface area contributed by atoms with Gasteiger partial charge in [0.2, 0.25) is 0 Å². The molecule has 1 saturated carbocycles. The van der Waals surface area contributed by atoms with E-state index in [4.69, 9.17) is 9.47 Å². The lowest BCUT2D eigenvalue weighted by atomic mass is 9.86. The Morgan fingerprint density at radius 2 is 1.95 bits per heavy atom. The second-order valence-electron chi connectivity index (χ2n) is 6.31. The standard InChI is InChI=1S/C16H31N3O2.HI/c1-17-15(18-9-5-11-21-13-12-20-2)19-10-8-16(14-19)6-3-4-7-16;/h3-14H2,1-2H3,(H,17,18);1H. The van der Waals surface area contributed by atoms with Gasteiger partial charge in [-0.15, -0.1) is 24.0 Å². The fourth-order valence-electron chi connectivity index (χ4n) is 3.60. The average molecular weight is 425 g/mol. The first-order valence-corrected chi connectivity index (χ1v) is 8.32. The minimum atomic E-state index is 0. The van der Waals surface area contributed by atoms with Gasteiger partial charge in [0.15, 0.2) is 5.96 Å². The van der Waals surface area contributed by atoms with E-state index in [2.05, 4.69) is 15.2 Å². The molecule has 0 atom stereocenters. The van der Waals surface area contributed by atoms with E-state index in [1.54, 1.807) is 7.11 Å². The third-order valence-corrected chi connectivity index (χ3v) is 4.79. The Kier molecular flexibility index (Phi) is 9.66. The molecule has 22 heavy (non-hydrogen) atoms. The molecule has 1 spiro atoms. The molecule has 0 aromatic rings. The van der Waals surface area contributed by atoms with Crippen LogP contribution in [0.5, 0.6) is 0 Å². The normalized spacial score (nSPS) is 20.5. The van der Waals surface area contributed by atoms with Crippen LogP contribution in [0.1, 0.15) is 38.5 Å². The quantitative estimate of drug-likeness (QED) is 0.295. The van der Waals surface area contributed by atoms with Crippen molar-refractivity contribution in [3.05, 3.63) is 0 Å². The molecule has 130 valence electrons. The molecule has 1 heterocycles. The zero-order valence-corrected chi connectivity index (χ0v) is 16.4. The zero-order chi connectivity index (χ0) is 15.0. The first kappa shape index (κ1) is 20.0. The molecule has 1 aliphatic carbocycles. The Hall–Kier alpha value is -0.0800. The van der Waals surface area contributed by atoms with Crippen LogP contribution in [-0.2, 0) is 9.47 Å². The Bertz CT molecular complexity index is 333. The van der Waals surface area contributed by atoms with Gasteiger partial charge in [-0.3, -0.25) is 4.99 Å². The summed E-state index contributed by atoms with van der Waals surface area (Å²) in [4.78, 5) is 6.88. The largest absolute Gasteiger partial charge is 0.382 e. The van der Waals surface area contributed by atoms with E-state index in [1.807, 2.05) is 7.05 Å². The highest BCUT2D eigenvalue weighted by atomic mass is 127. The number of methoxy groups -OCH3 is 1. The number of rotatable bonds is 7. The van der Waals surface area contributed by atoms with Crippen molar-refractivity contribution in [2.24, 2.45) is 10.4 Å². The van der Waals surface area contributed by atoms with Crippen molar-refractivity contribution in [1.82, 2.24) is 10.2 Å². The van der Waals surface area contributed by atoms with E-state index < -0.39 is 0 Å². The average Bonchev–Trinajstić information content (AvgIpc) is 3.13. The van der Waals surface area contributed by atoms with Crippen LogP contribution >= 0.6 is 24.0 Å². The number of hydrogen-bond donors (Lipinski definition) is 1. The van der Waals surface area contributed by atoms with Crippen molar-refractivity contribution in [1.29, 1.82) is 0 Å². The molecule has 5 nitrogen and oxygen atoms in total. The highest BCUT2D eigenvalue weighted by molar-refractivity contribution is 14.0. The minimum Gasteiger partial charge on any atom is -0.382 e. The highest BCUT2D eigenvalue weighted by Gasteiger charge is 2.40. The molecule has 6 heteroatoms. The summed E-state index contributed by atoms with van der Waals surface area (Å²) in [5, 5.41) is 3.47. The van der Waals surface area contributed by atoms with E-state index >= 15 is 0 Å². The van der Waals surface area contributed by atoms with Gasteiger partial charge < -0.3 is 19.7 Å². The summed E-state index contributed by atoms with van der Waals surface area (Å²) in [5.41, 5.74) is 0.598. The van der Waals surface area contributed by atoms with Crippen molar-refractivity contribution in [3.8, 4) is 0 Å². The highest BCUT2D eigenvalue weighted by Crippen LogP contribution is 2.45. The molecule has 0 aromatic carbocycles. The topological polar surface area (TPSA) is 46.1 Å². The molecule has 0 bridgehead atoms. The summed E-state index contributed by atoms with van der Waals surface area (Å²) in [6.45, 7) is 5.40. The van der Waals surface area contributed by atoms with Crippen molar-refractivity contribution in [3.63, 3.8) is 0 Å². The molecule has 2 aliphatic rings. The Labute approximate surface area is 152 Å². The van der Waals surface area contributed by atoms with Crippen LogP contribution in [-0.4, -0.2) is 64.5 Å². The molecule has 2 fully saturated rings. The lowest BCUT2D eigenvalue weighted by Gasteiger charge is -2.25. The van der Waals surface area contributed by atoms with Crippen molar-refractivity contribution in [2.75, 3.05) is 53.6 Å². The van der Waals surface area contributed by atoms with Crippen molar-refractivity contribution >= 4 is 29.9 Å². The van der Waals surface area contributed by atoms with Crippen molar-refractivity contribution in [2.45, 2.75) is 38.5 Å². The van der Waals surface area contributed by atoms with Gasteiger partial charge in [0.05, 0.1) is 13.2 Å². The number of guanidine groups is 1. The monoisotopic (exact) mass is 425 g/mol. The van der Waals surface area contributed by atoms with Gasteiger partial charge in [-0.2, -0.15) is 0 Å². The molecular weight excluding hydrogens is 393 g/mol. The number of ether oxygens (including phenoxy) is 2. The number of likely N-dealkylation sites (tertiary alicyclic amines) is 1. The van der Waals surface area contributed by atoms with E-state index in [0.29, 0.717) is 18.6 Å². The first-order valence-electron chi connectivity index (χ1n) is 8.32. The predicted octanol–water partition coefficient (Wildman–Crippen LogP) is 2.50. The summed E-state index contributed by atoms with van der Waals surface area (Å²) in [7, 11) is 3.58. The number of hydrogen-bond acceptors (Lipinski definition) is 3. The molecule has 0 radical (unpaired) electrons. The van der Waals surface area contributed by atoms with Gasteiger partial charge in [0.25, 0.3) is 0 Å². The Morgan fingerprint density at radius 3 is 2.64 bits per heavy atom. The third-order valence-electron chi connectivity index (χ3n) is 4.79. The zero-order valence-electron chi connectivity index (χ0n) is 14.1. The number of halogens is 1. The number of aliphatic imine (C=N–C) groups is 1. The van der Waals surface area contributed by atoms with E-state index in [0.717, 1.165) is 32.1 Å². The second kappa shape index (κ2) is 10.6. The molecule has 1 N–H and O–H groups in total.